The third-order valence-corrected chi connectivity index (χ3v) is 4.06. The number of ether oxygens (including phenoxy) is 1. The number of amides is 3. The van der Waals surface area contributed by atoms with Gasteiger partial charge in [-0.3, -0.25) is 19.1 Å². The Bertz CT molecular complexity index is 796. The molecule has 1 aromatic rings. The lowest BCUT2D eigenvalue weighted by atomic mass is 10.2. The van der Waals surface area contributed by atoms with Crippen molar-refractivity contribution in [3.8, 4) is 0 Å². The maximum atomic E-state index is 12.2. The Balaban J connectivity index is 2.51. The van der Waals surface area contributed by atoms with Crippen molar-refractivity contribution in [2.45, 2.75) is 18.9 Å². The number of sulfonamides is 1. The van der Waals surface area contributed by atoms with Gasteiger partial charge < -0.3 is 15.4 Å². The van der Waals surface area contributed by atoms with Gasteiger partial charge in [0.05, 0.1) is 6.26 Å². The van der Waals surface area contributed by atoms with Gasteiger partial charge in [0.25, 0.3) is 11.8 Å². The highest BCUT2D eigenvalue weighted by atomic mass is 35.5. The minimum Gasteiger partial charge on any atom is -0.362 e. The van der Waals surface area contributed by atoms with Crippen LogP contribution in [0, 0.1) is 0 Å². The summed E-state index contributed by atoms with van der Waals surface area (Å²) in [5, 5.41) is 5.52. The molecule has 9 nitrogen and oxygen atoms in total. The van der Waals surface area contributed by atoms with Crippen molar-refractivity contribution < 1.29 is 27.5 Å². The second-order valence-electron chi connectivity index (χ2n) is 5.46. The van der Waals surface area contributed by atoms with Gasteiger partial charge in [-0.15, -0.1) is 0 Å². The predicted molar refractivity (Wildman–Crippen MR) is 101 cm³/mol. The molecule has 150 valence electrons. The molecule has 3 N–H and O–H groups in total. The Morgan fingerprint density at radius 2 is 1.70 bits per heavy atom. The Kier molecular flexibility index (Phi) is 8.97. The zero-order valence-corrected chi connectivity index (χ0v) is 16.9. The van der Waals surface area contributed by atoms with E-state index in [1.54, 1.807) is 4.72 Å². The molecule has 0 aliphatic rings. The molecule has 1 rings (SSSR count). The summed E-state index contributed by atoms with van der Waals surface area (Å²) in [6.45, 7) is 0.0478. The fraction of sp³-hybridized carbons (Fsp3) is 0.400. The van der Waals surface area contributed by atoms with Gasteiger partial charge in [0.15, 0.2) is 0 Å². The highest BCUT2D eigenvalue weighted by molar-refractivity contribution is 7.89. The highest BCUT2D eigenvalue weighted by Crippen LogP contribution is 2.22. The van der Waals surface area contributed by atoms with Crippen molar-refractivity contribution in [2.24, 2.45) is 0 Å². The van der Waals surface area contributed by atoms with Crippen molar-refractivity contribution in [2.75, 3.05) is 25.2 Å². The van der Waals surface area contributed by atoms with E-state index in [1.165, 1.54) is 25.3 Å². The number of rotatable bonds is 9. The predicted octanol–water partition coefficient (Wildman–Crippen LogP) is 0.919. The lowest BCUT2D eigenvalue weighted by molar-refractivity contribution is -0.140. The first-order valence-electron chi connectivity index (χ1n) is 7.60. The number of benzene rings is 1. The molecule has 0 fully saturated rings. The van der Waals surface area contributed by atoms with Gasteiger partial charge in [0.1, 0.15) is 0 Å². The average Bonchev–Trinajstić information content (AvgIpc) is 2.49. The zero-order chi connectivity index (χ0) is 20.6. The molecule has 0 bridgehead atoms. The molecular formula is C15H19Cl2N3O6S. The van der Waals surface area contributed by atoms with Crippen LogP contribution in [0.5, 0.6) is 0 Å². The number of hydrogen-bond acceptors (Lipinski definition) is 6. The minimum atomic E-state index is -3.62. The standard InChI is InChI=1S/C15H19Cl2N3O6S/c1-26-13(15(23)19-11-7-9(16)6-10(17)8-11)14(22)18-5-3-4-12(21)20-27(2,24)25/h6-8,13H,3-5H2,1-2H3,(H,18,22)(H,19,23)(H,20,21). The normalized spacial score (nSPS) is 12.1. The van der Waals surface area contributed by atoms with Gasteiger partial charge in [-0.2, -0.15) is 0 Å². The van der Waals surface area contributed by atoms with Crippen LogP contribution in [-0.2, 0) is 29.1 Å². The first kappa shape index (κ1) is 23.2. The number of carbonyl (C=O) groups is 3. The fourth-order valence-electron chi connectivity index (χ4n) is 1.98. The van der Waals surface area contributed by atoms with E-state index >= 15 is 0 Å². The molecule has 0 aromatic heterocycles. The van der Waals surface area contributed by atoms with Crippen molar-refractivity contribution in [1.29, 1.82) is 0 Å². The lowest BCUT2D eigenvalue weighted by Gasteiger charge is -2.15. The summed E-state index contributed by atoms with van der Waals surface area (Å²) in [5.41, 5.74) is 0.296. The molecule has 1 aromatic carbocycles. The number of anilines is 1. The van der Waals surface area contributed by atoms with Crippen LogP contribution in [0.3, 0.4) is 0 Å². The van der Waals surface area contributed by atoms with Crippen LogP contribution in [0.1, 0.15) is 12.8 Å². The number of methoxy groups -OCH3 is 1. The van der Waals surface area contributed by atoms with Crippen LogP contribution in [0.2, 0.25) is 10.0 Å². The summed E-state index contributed by atoms with van der Waals surface area (Å²) in [5.74, 6) is -2.14. The second kappa shape index (κ2) is 10.5. The lowest BCUT2D eigenvalue weighted by Crippen LogP contribution is -2.44. The van der Waals surface area contributed by atoms with Crippen LogP contribution in [0.15, 0.2) is 18.2 Å². The summed E-state index contributed by atoms with van der Waals surface area (Å²) < 4.78 is 28.5. The molecule has 0 heterocycles. The molecule has 12 heteroatoms. The number of halogens is 2. The van der Waals surface area contributed by atoms with E-state index in [-0.39, 0.29) is 19.4 Å². The molecular weight excluding hydrogens is 421 g/mol. The number of hydrogen-bond donors (Lipinski definition) is 3. The third kappa shape index (κ3) is 9.05. The molecule has 1 atom stereocenters. The third-order valence-electron chi connectivity index (χ3n) is 3.02. The summed E-state index contributed by atoms with van der Waals surface area (Å²) in [4.78, 5) is 35.6. The van der Waals surface area contributed by atoms with Gasteiger partial charge >= 0.3 is 0 Å². The highest BCUT2D eigenvalue weighted by Gasteiger charge is 2.26. The second-order valence-corrected chi connectivity index (χ2v) is 8.08. The SMILES string of the molecule is COC(C(=O)NCCCC(=O)NS(C)(=O)=O)C(=O)Nc1cc(Cl)cc(Cl)c1. The van der Waals surface area contributed by atoms with E-state index in [2.05, 4.69) is 10.6 Å². The maximum absolute atomic E-state index is 12.2. The van der Waals surface area contributed by atoms with E-state index in [4.69, 9.17) is 27.9 Å². The van der Waals surface area contributed by atoms with Crippen molar-refractivity contribution in [1.82, 2.24) is 10.0 Å². The zero-order valence-electron chi connectivity index (χ0n) is 14.5. The van der Waals surface area contributed by atoms with E-state index in [0.29, 0.717) is 15.7 Å². The number of nitrogens with one attached hydrogen (secondary N) is 3. The van der Waals surface area contributed by atoms with Gasteiger partial charge in [0.2, 0.25) is 22.0 Å². The first-order valence-corrected chi connectivity index (χ1v) is 10.2. The quantitative estimate of drug-likeness (QED) is 0.387. The van der Waals surface area contributed by atoms with Crippen LogP contribution in [-0.4, -0.2) is 52.2 Å². The molecule has 0 aliphatic heterocycles. The summed E-state index contributed by atoms with van der Waals surface area (Å²) in [6.07, 6.45) is -0.512. The van der Waals surface area contributed by atoms with Crippen LogP contribution in [0.4, 0.5) is 5.69 Å². The Morgan fingerprint density at radius 3 is 2.22 bits per heavy atom. The first-order chi connectivity index (χ1) is 12.5. The Labute approximate surface area is 166 Å². The molecule has 1 unspecified atom stereocenters. The van der Waals surface area contributed by atoms with Gasteiger partial charge in [-0.05, 0) is 24.6 Å². The largest absolute Gasteiger partial charge is 0.362 e. The molecule has 27 heavy (non-hydrogen) atoms. The Morgan fingerprint density at radius 1 is 1.11 bits per heavy atom. The van der Waals surface area contributed by atoms with Crippen molar-refractivity contribution >= 4 is 56.6 Å². The van der Waals surface area contributed by atoms with Gasteiger partial charge in [-0.25, -0.2) is 8.42 Å². The molecule has 0 saturated carbocycles. The van der Waals surface area contributed by atoms with Gasteiger partial charge in [-0.1, -0.05) is 23.2 Å². The fourth-order valence-corrected chi connectivity index (χ4v) is 3.02. The molecule has 0 radical (unpaired) electrons. The van der Waals surface area contributed by atoms with Crippen molar-refractivity contribution in [3.05, 3.63) is 28.2 Å². The molecule has 0 saturated heterocycles. The molecule has 0 aliphatic carbocycles. The summed E-state index contributed by atoms with van der Waals surface area (Å²) in [7, 11) is -2.43. The minimum absolute atomic E-state index is 0.0478. The van der Waals surface area contributed by atoms with Crippen LogP contribution >= 0.6 is 23.2 Å². The van der Waals surface area contributed by atoms with Gasteiger partial charge in [0, 0.05) is 35.8 Å². The molecule has 3 amide bonds. The van der Waals surface area contributed by atoms with E-state index in [1.807, 2.05) is 0 Å². The summed E-state index contributed by atoms with van der Waals surface area (Å²) >= 11 is 11.7. The van der Waals surface area contributed by atoms with Crippen LogP contribution in [0.25, 0.3) is 0 Å². The monoisotopic (exact) mass is 439 g/mol. The van der Waals surface area contributed by atoms with Crippen LogP contribution < -0.4 is 15.4 Å². The maximum Gasteiger partial charge on any atom is 0.263 e. The summed E-state index contributed by atoms with van der Waals surface area (Å²) in [6, 6.07) is 4.39. The smallest absolute Gasteiger partial charge is 0.263 e. The number of carbonyl (C=O) groups excluding carboxylic acids is 3. The Hall–Kier alpha value is -1.88. The van der Waals surface area contributed by atoms with E-state index < -0.39 is 33.8 Å². The van der Waals surface area contributed by atoms with E-state index in [9.17, 15) is 22.8 Å². The van der Waals surface area contributed by atoms with E-state index in [0.717, 1.165) is 6.26 Å². The average molecular weight is 440 g/mol. The molecule has 0 spiro atoms. The van der Waals surface area contributed by atoms with Crippen molar-refractivity contribution in [3.63, 3.8) is 0 Å². The topological polar surface area (TPSA) is 131 Å².